The van der Waals surface area contributed by atoms with Gasteiger partial charge in [0.1, 0.15) is 0 Å². The number of methoxy groups -OCH3 is 1. The van der Waals surface area contributed by atoms with Gasteiger partial charge in [0.05, 0.1) is 12.7 Å². The van der Waals surface area contributed by atoms with Crippen molar-refractivity contribution in [2.24, 2.45) is 0 Å². The Balaban J connectivity index is 1.90. The number of esters is 1. The summed E-state index contributed by atoms with van der Waals surface area (Å²) in [7, 11) is 1.44. The molecule has 0 aliphatic carbocycles. The van der Waals surface area contributed by atoms with E-state index < -0.39 is 0 Å². The van der Waals surface area contributed by atoms with Crippen LogP contribution < -0.4 is 5.32 Å². The van der Waals surface area contributed by atoms with Gasteiger partial charge in [-0.3, -0.25) is 0 Å². The van der Waals surface area contributed by atoms with Crippen molar-refractivity contribution < 1.29 is 9.53 Å². The van der Waals surface area contributed by atoms with E-state index in [0.717, 1.165) is 48.9 Å². The van der Waals surface area contributed by atoms with E-state index >= 15 is 0 Å². The predicted molar refractivity (Wildman–Crippen MR) is 128 cm³/mol. The molecule has 3 aromatic rings. The highest BCUT2D eigenvalue weighted by atomic mass is 16.5. The minimum absolute atomic E-state index is 0.248. The van der Waals surface area contributed by atoms with Crippen LogP contribution >= 0.6 is 0 Å². The van der Waals surface area contributed by atoms with Crippen LogP contribution in [0.3, 0.4) is 0 Å². The molecule has 1 N–H and O–H groups in total. The number of unbranched alkanes of at least 4 members (excludes halogenated alkanes) is 1. The normalized spacial score (nSPS) is 11.8. The Morgan fingerprint density at radius 1 is 0.968 bits per heavy atom. The largest absolute Gasteiger partial charge is 0.465 e. The lowest BCUT2D eigenvalue weighted by atomic mass is 9.91. The summed E-state index contributed by atoms with van der Waals surface area (Å²) >= 11 is 0. The molecule has 3 nitrogen and oxygen atoms in total. The number of benzene rings is 3. The topological polar surface area (TPSA) is 38.3 Å². The Bertz CT molecular complexity index is 981. The molecule has 1 unspecified atom stereocenters. The molecule has 3 rings (SSSR count). The predicted octanol–water partition coefficient (Wildman–Crippen LogP) is 6.51. The molecule has 0 bridgehead atoms. The molecule has 0 heterocycles. The average Bonchev–Trinajstić information content (AvgIpc) is 2.81. The van der Waals surface area contributed by atoms with Crippen molar-refractivity contribution in [2.75, 3.05) is 13.7 Å². The molecule has 3 heteroatoms. The third-order valence-corrected chi connectivity index (χ3v) is 5.78. The Hall–Kier alpha value is -2.91. The van der Waals surface area contributed by atoms with Crippen LogP contribution in [0.1, 0.15) is 59.3 Å². The lowest BCUT2D eigenvalue weighted by molar-refractivity contribution is 0.0601. The molecule has 0 fully saturated rings. The van der Waals surface area contributed by atoms with Gasteiger partial charge >= 0.3 is 5.97 Å². The maximum atomic E-state index is 12.5. The number of hydrogen-bond donors (Lipinski definition) is 1. The molecule has 0 saturated carbocycles. The van der Waals surface area contributed by atoms with Gasteiger partial charge < -0.3 is 10.1 Å². The van der Waals surface area contributed by atoms with Crippen molar-refractivity contribution in [3.05, 3.63) is 95.1 Å². The lowest BCUT2D eigenvalue weighted by Gasteiger charge is -2.21. The first-order valence-electron chi connectivity index (χ1n) is 11.2. The van der Waals surface area contributed by atoms with Crippen molar-refractivity contribution in [2.45, 2.75) is 45.6 Å². The molecule has 0 radical (unpaired) electrons. The number of carbonyl (C=O) groups is 1. The first-order chi connectivity index (χ1) is 15.1. The number of carbonyl (C=O) groups excluding carboxylic acids is 1. The second kappa shape index (κ2) is 11.5. The summed E-state index contributed by atoms with van der Waals surface area (Å²) in [5.41, 5.74) is 6.32. The van der Waals surface area contributed by atoms with Crippen LogP contribution in [0.15, 0.2) is 72.8 Å². The van der Waals surface area contributed by atoms with Crippen LogP contribution in [0.2, 0.25) is 0 Å². The van der Waals surface area contributed by atoms with E-state index in [1.54, 1.807) is 0 Å². The van der Waals surface area contributed by atoms with E-state index in [1.807, 2.05) is 18.2 Å². The SMILES string of the molecule is CCCCC(NCCc1ccccc1)c1ccc(C(=O)OC)c(-c2ccccc2C)c1. The zero-order valence-electron chi connectivity index (χ0n) is 18.9. The fourth-order valence-electron chi connectivity index (χ4n) is 3.99. The molecule has 0 spiro atoms. The van der Waals surface area contributed by atoms with E-state index in [9.17, 15) is 4.79 Å². The number of aryl methyl sites for hydroxylation is 1. The summed E-state index contributed by atoms with van der Waals surface area (Å²) < 4.78 is 5.06. The minimum Gasteiger partial charge on any atom is -0.465 e. The van der Waals surface area contributed by atoms with E-state index in [2.05, 4.69) is 73.8 Å². The van der Waals surface area contributed by atoms with Gasteiger partial charge in [0.15, 0.2) is 0 Å². The zero-order chi connectivity index (χ0) is 22.1. The van der Waals surface area contributed by atoms with Crippen molar-refractivity contribution in [3.8, 4) is 11.1 Å². The van der Waals surface area contributed by atoms with Gasteiger partial charge in [0, 0.05) is 6.04 Å². The standard InChI is InChI=1S/C28H33NO2/c1-4-5-15-27(29-19-18-22-12-7-6-8-13-22)23-16-17-25(28(30)31-3)26(20-23)24-14-10-9-11-21(24)2/h6-14,16-17,20,27,29H,4-5,15,18-19H2,1-3H3. The quantitative estimate of drug-likeness (QED) is 0.384. The number of ether oxygens (including phenoxy) is 1. The van der Waals surface area contributed by atoms with Crippen molar-refractivity contribution in [1.82, 2.24) is 5.32 Å². The van der Waals surface area contributed by atoms with Gasteiger partial charge in [-0.15, -0.1) is 0 Å². The van der Waals surface area contributed by atoms with Crippen LogP contribution in [0.4, 0.5) is 0 Å². The molecule has 0 aliphatic heterocycles. The van der Waals surface area contributed by atoms with Gasteiger partial charge in [-0.05, 0) is 66.3 Å². The Labute approximate surface area is 186 Å². The molecular formula is C28H33NO2. The van der Waals surface area contributed by atoms with E-state index in [-0.39, 0.29) is 12.0 Å². The molecule has 0 aromatic heterocycles. The van der Waals surface area contributed by atoms with Crippen LogP contribution in [-0.4, -0.2) is 19.6 Å². The van der Waals surface area contributed by atoms with Crippen LogP contribution in [0.5, 0.6) is 0 Å². The van der Waals surface area contributed by atoms with E-state index in [4.69, 9.17) is 4.74 Å². The molecule has 31 heavy (non-hydrogen) atoms. The van der Waals surface area contributed by atoms with Crippen LogP contribution in [0, 0.1) is 6.92 Å². The Kier molecular flexibility index (Phi) is 8.43. The summed E-state index contributed by atoms with van der Waals surface area (Å²) in [6, 6.07) is 25.2. The zero-order valence-corrected chi connectivity index (χ0v) is 18.9. The molecule has 3 aromatic carbocycles. The molecule has 1 atom stereocenters. The van der Waals surface area contributed by atoms with Gasteiger partial charge in [-0.2, -0.15) is 0 Å². The van der Waals surface area contributed by atoms with Gasteiger partial charge in [-0.25, -0.2) is 4.79 Å². The number of nitrogens with one attached hydrogen (secondary N) is 1. The van der Waals surface area contributed by atoms with Crippen LogP contribution in [0.25, 0.3) is 11.1 Å². The number of rotatable bonds is 10. The molecule has 0 saturated heterocycles. The molecular weight excluding hydrogens is 382 g/mol. The summed E-state index contributed by atoms with van der Waals surface area (Å²) in [6.07, 6.45) is 4.37. The average molecular weight is 416 g/mol. The third kappa shape index (κ3) is 6.05. The highest BCUT2D eigenvalue weighted by Gasteiger charge is 2.18. The highest BCUT2D eigenvalue weighted by molar-refractivity contribution is 5.97. The first kappa shape index (κ1) is 22.8. The lowest BCUT2D eigenvalue weighted by Crippen LogP contribution is -2.24. The van der Waals surface area contributed by atoms with Crippen molar-refractivity contribution >= 4 is 5.97 Å². The van der Waals surface area contributed by atoms with Gasteiger partial charge in [0.2, 0.25) is 0 Å². The first-order valence-corrected chi connectivity index (χ1v) is 11.2. The smallest absolute Gasteiger partial charge is 0.338 e. The summed E-state index contributed by atoms with van der Waals surface area (Å²) in [4.78, 5) is 12.5. The minimum atomic E-state index is -0.299. The highest BCUT2D eigenvalue weighted by Crippen LogP contribution is 2.31. The Morgan fingerprint density at radius 3 is 2.42 bits per heavy atom. The maximum Gasteiger partial charge on any atom is 0.338 e. The Morgan fingerprint density at radius 2 is 1.71 bits per heavy atom. The van der Waals surface area contributed by atoms with Crippen molar-refractivity contribution in [3.63, 3.8) is 0 Å². The number of hydrogen-bond acceptors (Lipinski definition) is 3. The van der Waals surface area contributed by atoms with E-state index in [0.29, 0.717) is 5.56 Å². The summed E-state index contributed by atoms with van der Waals surface area (Å²) in [5, 5.41) is 3.76. The maximum absolute atomic E-state index is 12.5. The fourth-order valence-corrected chi connectivity index (χ4v) is 3.99. The molecule has 162 valence electrons. The molecule has 0 aliphatic rings. The van der Waals surface area contributed by atoms with Gasteiger partial charge in [-0.1, -0.05) is 80.4 Å². The monoisotopic (exact) mass is 415 g/mol. The molecule has 0 amide bonds. The van der Waals surface area contributed by atoms with E-state index in [1.165, 1.54) is 18.2 Å². The van der Waals surface area contributed by atoms with Gasteiger partial charge in [0.25, 0.3) is 0 Å². The second-order valence-corrected chi connectivity index (χ2v) is 8.00. The third-order valence-electron chi connectivity index (χ3n) is 5.78. The second-order valence-electron chi connectivity index (χ2n) is 8.00. The fraction of sp³-hybridized carbons (Fsp3) is 0.321. The summed E-state index contributed by atoms with van der Waals surface area (Å²) in [5.74, 6) is -0.299. The van der Waals surface area contributed by atoms with Crippen molar-refractivity contribution in [1.29, 1.82) is 0 Å². The summed E-state index contributed by atoms with van der Waals surface area (Å²) in [6.45, 7) is 5.22. The van der Waals surface area contributed by atoms with Crippen LogP contribution in [-0.2, 0) is 11.2 Å².